The molecule has 1 aromatic carbocycles. The average Bonchev–Trinajstić information content (AvgIpc) is 2.43. The summed E-state index contributed by atoms with van der Waals surface area (Å²) in [7, 11) is 0. The van der Waals surface area contributed by atoms with E-state index in [0.717, 1.165) is 0 Å². The Morgan fingerprint density at radius 1 is 1.29 bits per heavy atom. The van der Waals surface area contributed by atoms with Gasteiger partial charge in [0.25, 0.3) is 5.91 Å². The first-order valence-electron chi connectivity index (χ1n) is 6.33. The Morgan fingerprint density at radius 3 is 2.57 bits per heavy atom. The summed E-state index contributed by atoms with van der Waals surface area (Å²) < 4.78 is 27.6. The van der Waals surface area contributed by atoms with Gasteiger partial charge < -0.3 is 5.32 Å². The van der Waals surface area contributed by atoms with Crippen LogP contribution in [-0.2, 0) is 6.42 Å². The van der Waals surface area contributed by atoms with Crippen molar-refractivity contribution >= 4 is 21.8 Å². The van der Waals surface area contributed by atoms with Crippen molar-refractivity contribution in [3.05, 3.63) is 63.9 Å². The van der Waals surface area contributed by atoms with Gasteiger partial charge in [-0.15, -0.1) is 0 Å². The number of halogens is 3. The quantitative estimate of drug-likeness (QED) is 0.854. The summed E-state index contributed by atoms with van der Waals surface area (Å²) in [5.41, 5.74) is 0.342. The zero-order chi connectivity index (χ0) is 15.4. The predicted molar refractivity (Wildman–Crippen MR) is 78.9 cm³/mol. The molecule has 1 aromatic heterocycles. The molecule has 2 aromatic rings. The molecule has 0 bridgehead atoms. The van der Waals surface area contributed by atoms with E-state index >= 15 is 0 Å². The van der Waals surface area contributed by atoms with Crippen LogP contribution in [0.1, 0.15) is 22.8 Å². The van der Waals surface area contributed by atoms with E-state index < -0.39 is 17.7 Å². The Kier molecular flexibility index (Phi) is 5.01. The molecule has 1 atom stereocenters. The van der Waals surface area contributed by atoms with E-state index in [-0.39, 0.29) is 17.9 Å². The Labute approximate surface area is 129 Å². The van der Waals surface area contributed by atoms with Gasteiger partial charge in [-0.05, 0) is 53.5 Å². The number of pyridine rings is 1. The maximum absolute atomic E-state index is 13.6. The maximum atomic E-state index is 13.6. The molecule has 3 nitrogen and oxygen atoms in total. The van der Waals surface area contributed by atoms with Crippen molar-refractivity contribution in [1.82, 2.24) is 10.3 Å². The van der Waals surface area contributed by atoms with Gasteiger partial charge in [-0.1, -0.05) is 6.07 Å². The highest BCUT2D eigenvalue weighted by Gasteiger charge is 2.16. The van der Waals surface area contributed by atoms with Gasteiger partial charge in [0, 0.05) is 17.8 Å². The lowest BCUT2D eigenvalue weighted by Gasteiger charge is -2.15. The van der Waals surface area contributed by atoms with Crippen LogP contribution in [0.4, 0.5) is 8.78 Å². The summed E-state index contributed by atoms with van der Waals surface area (Å²) in [6.45, 7) is 1.69. The topological polar surface area (TPSA) is 42.0 Å². The number of rotatable bonds is 4. The van der Waals surface area contributed by atoms with Crippen LogP contribution in [0.5, 0.6) is 0 Å². The first-order chi connectivity index (χ1) is 9.99. The van der Waals surface area contributed by atoms with Gasteiger partial charge in [-0.25, -0.2) is 13.8 Å². The molecule has 1 N–H and O–H groups in total. The van der Waals surface area contributed by atoms with Crippen LogP contribution in [0.2, 0.25) is 0 Å². The van der Waals surface area contributed by atoms with Gasteiger partial charge in [0.05, 0.1) is 5.56 Å². The largest absolute Gasteiger partial charge is 0.349 e. The normalized spacial score (nSPS) is 12.0. The summed E-state index contributed by atoms with van der Waals surface area (Å²) in [5.74, 6) is -1.57. The van der Waals surface area contributed by atoms with E-state index in [0.29, 0.717) is 10.2 Å². The van der Waals surface area contributed by atoms with Crippen molar-refractivity contribution in [3.63, 3.8) is 0 Å². The zero-order valence-corrected chi connectivity index (χ0v) is 12.8. The molecule has 110 valence electrons. The lowest BCUT2D eigenvalue weighted by Crippen LogP contribution is -2.34. The van der Waals surface area contributed by atoms with Crippen molar-refractivity contribution in [2.24, 2.45) is 0 Å². The minimum atomic E-state index is -0.612. The van der Waals surface area contributed by atoms with Crippen molar-refractivity contribution in [1.29, 1.82) is 0 Å². The number of nitrogens with one attached hydrogen (secondary N) is 1. The third kappa shape index (κ3) is 3.85. The van der Waals surface area contributed by atoms with E-state index in [1.807, 2.05) is 0 Å². The molecular weight excluding hydrogens is 342 g/mol. The van der Waals surface area contributed by atoms with Gasteiger partial charge in [-0.3, -0.25) is 4.79 Å². The first-order valence-corrected chi connectivity index (χ1v) is 7.12. The molecule has 1 amide bonds. The van der Waals surface area contributed by atoms with Gasteiger partial charge in [0.1, 0.15) is 16.2 Å². The van der Waals surface area contributed by atoms with Crippen LogP contribution < -0.4 is 5.32 Å². The number of aromatic nitrogens is 1. The second-order valence-electron chi connectivity index (χ2n) is 4.62. The molecule has 0 spiro atoms. The van der Waals surface area contributed by atoms with Crippen LogP contribution in [0, 0.1) is 11.6 Å². The van der Waals surface area contributed by atoms with Gasteiger partial charge in [0.15, 0.2) is 0 Å². The minimum absolute atomic E-state index is 0.0319. The number of hydrogen-bond donors (Lipinski definition) is 1. The molecule has 0 saturated carbocycles. The molecule has 0 aliphatic carbocycles. The fraction of sp³-hybridized carbons (Fsp3) is 0.200. The Balaban J connectivity index is 2.07. The standard InChI is InChI=1S/C15H13BrF2N2O/c1-9(8-11-12(17)5-2-6-13(11)18)20-15(21)10-4-3-7-19-14(10)16/h2-7,9H,8H2,1H3,(H,20,21). The van der Waals surface area contributed by atoms with E-state index in [1.165, 1.54) is 18.2 Å². The number of amides is 1. The van der Waals surface area contributed by atoms with Crippen molar-refractivity contribution in [2.75, 3.05) is 0 Å². The third-order valence-corrected chi connectivity index (χ3v) is 3.59. The van der Waals surface area contributed by atoms with Crippen LogP contribution in [0.15, 0.2) is 41.1 Å². The molecule has 0 aliphatic heterocycles. The lowest BCUT2D eigenvalue weighted by molar-refractivity contribution is 0.0938. The number of hydrogen-bond acceptors (Lipinski definition) is 2. The number of carbonyl (C=O) groups excluding carboxylic acids is 1. The van der Waals surface area contributed by atoms with E-state index in [1.54, 1.807) is 25.3 Å². The molecule has 2 rings (SSSR count). The first kappa shape index (κ1) is 15.6. The molecule has 0 fully saturated rings. The molecule has 0 radical (unpaired) electrons. The lowest BCUT2D eigenvalue weighted by atomic mass is 10.1. The SMILES string of the molecule is CC(Cc1c(F)cccc1F)NC(=O)c1cccnc1Br. The fourth-order valence-electron chi connectivity index (χ4n) is 1.94. The molecular formula is C15H13BrF2N2O. The second kappa shape index (κ2) is 6.76. The van der Waals surface area contributed by atoms with Crippen LogP contribution >= 0.6 is 15.9 Å². The fourth-order valence-corrected chi connectivity index (χ4v) is 2.37. The van der Waals surface area contributed by atoms with E-state index in [2.05, 4.69) is 26.2 Å². The van der Waals surface area contributed by atoms with Crippen LogP contribution in [-0.4, -0.2) is 16.9 Å². The zero-order valence-electron chi connectivity index (χ0n) is 11.2. The Bertz CT molecular complexity index is 644. The monoisotopic (exact) mass is 354 g/mol. The van der Waals surface area contributed by atoms with Crippen molar-refractivity contribution in [3.8, 4) is 0 Å². The number of nitrogens with zero attached hydrogens (tertiary/aromatic N) is 1. The molecule has 21 heavy (non-hydrogen) atoms. The van der Waals surface area contributed by atoms with Gasteiger partial charge >= 0.3 is 0 Å². The average molecular weight is 355 g/mol. The Morgan fingerprint density at radius 2 is 1.95 bits per heavy atom. The van der Waals surface area contributed by atoms with E-state index in [4.69, 9.17) is 0 Å². The highest BCUT2D eigenvalue weighted by molar-refractivity contribution is 9.10. The number of carbonyl (C=O) groups is 1. The highest BCUT2D eigenvalue weighted by atomic mass is 79.9. The summed E-state index contributed by atoms with van der Waals surface area (Å²) in [4.78, 5) is 16.0. The van der Waals surface area contributed by atoms with Crippen LogP contribution in [0.3, 0.4) is 0 Å². The summed E-state index contributed by atoms with van der Waals surface area (Å²) >= 11 is 3.18. The third-order valence-electron chi connectivity index (χ3n) is 2.95. The maximum Gasteiger partial charge on any atom is 0.254 e. The van der Waals surface area contributed by atoms with Crippen LogP contribution in [0.25, 0.3) is 0 Å². The van der Waals surface area contributed by atoms with Gasteiger partial charge in [0.2, 0.25) is 0 Å². The number of benzene rings is 1. The second-order valence-corrected chi connectivity index (χ2v) is 5.37. The van der Waals surface area contributed by atoms with E-state index in [9.17, 15) is 13.6 Å². The Hall–Kier alpha value is -1.82. The molecule has 6 heteroatoms. The molecule has 0 aliphatic rings. The van der Waals surface area contributed by atoms with Gasteiger partial charge in [-0.2, -0.15) is 0 Å². The molecule has 1 unspecified atom stereocenters. The van der Waals surface area contributed by atoms with Crippen molar-refractivity contribution in [2.45, 2.75) is 19.4 Å². The summed E-state index contributed by atoms with van der Waals surface area (Å²) in [6, 6.07) is 6.54. The smallest absolute Gasteiger partial charge is 0.254 e. The summed E-state index contributed by atoms with van der Waals surface area (Å²) in [5, 5.41) is 2.70. The summed E-state index contributed by atoms with van der Waals surface area (Å²) in [6.07, 6.45) is 1.63. The molecule has 0 saturated heterocycles. The molecule has 1 heterocycles. The highest BCUT2D eigenvalue weighted by Crippen LogP contribution is 2.15. The van der Waals surface area contributed by atoms with Crippen molar-refractivity contribution < 1.29 is 13.6 Å². The predicted octanol–water partition coefficient (Wildman–Crippen LogP) is 3.48. The minimum Gasteiger partial charge on any atom is -0.349 e.